The number of hydrogen-bond acceptors (Lipinski definition) is 3. The van der Waals surface area contributed by atoms with E-state index in [1.807, 2.05) is 32.9 Å². The molecule has 27 heavy (non-hydrogen) atoms. The predicted molar refractivity (Wildman–Crippen MR) is 112 cm³/mol. The molecule has 0 radical (unpaired) electrons. The smallest absolute Gasteiger partial charge is 0.227 e. The minimum atomic E-state index is -0.522. The van der Waals surface area contributed by atoms with Crippen molar-refractivity contribution in [2.75, 3.05) is 26.7 Å². The van der Waals surface area contributed by atoms with Crippen LogP contribution in [0.4, 0.5) is 0 Å². The van der Waals surface area contributed by atoms with Gasteiger partial charge in [-0.3, -0.25) is 9.79 Å². The van der Waals surface area contributed by atoms with Crippen molar-refractivity contribution in [3.63, 3.8) is 0 Å². The molecule has 0 heterocycles. The van der Waals surface area contributed by atoms with Crippen LogP contribution < -0.4 is 20.7 Å². The average molecular weight is 377 g/mol. The monoisotopic (exact) mass is 376 g/mol. The third kappa shape index (κ3) is 7.89. The molecule has 1 aromatic rings. The summed E-state index contributed by atoms with van der Waals surface area (Å²) < 4.78 is 5.73. The van der Waals surface area contributed by atoms with Crippen molar-refractivity contribution >= 4 is 11.9 Å². The van der Waals surface area contributed by atoms with Gasteiger partial charge in [0.25, 0.3) is 0 Å². The van der Waals surface area contributed by atoms with Crippen LogP contribution in [0.1, 0.15) is 53.1 Å². The summed E-state index contributed by atoms with van der Waals surface area (Å²) in [5.41, 5.74) is 0.615. The Morgan fingerprint density at radius 1 is 1.15 bits per heavy atom. The van der Waals surface area contributed by atoms with E-state index in [1.165, 1.54) is 0 Å². The Bertz CT molecular complexity index is 609. The molecule has 6 nitrogen and oxygen atoms in total. The summed E-state index contributed by atoms with van der Waals surface area (Å²) in [6.07, 6.45) is 0. The zero-order valence-electron chi connectivity index (χ0n) is 17.8. The molecule has 0 aliphatic carbocycles. The standard InChI is InChI=1S/C21H36N4O2/c1-8-23-19(26)21(5,6)14-24-20(22-7)25-16(4)17-9-11-18(12-10-17)27-13-15(2)3/h9-12,15-16H,8,13-14H2,1-7H3,(H,23,26)(H2,22,24,25). The lowest BCUT2D eigenvalue weighted by atomic mass is 9.92. The molecular formula is C21H36N4O2. The first kappa shape index (κ1) is 22.8. The van der Waals surface area contributed by atoms with Gasteiger partial charge in [0.15, 0.2) is 5.96 Å². The lowest BCUT2D eigenvalue weighted by Crippen LogP contribution is -2.48. The van der Waals surface area contributed by atoms with Crippen LogP contribution in [0.25, 0.3) is 0 Å². The normalized spacial score (nSPS) is 13.3. The van der Waals surface area contributed by atoms with Crippen molar-refractivity contribution in [3.05, 3.63) is 29.8 Å². The van der Waals surface area contributed by atoms with Gasteiger partial charge in [-0.15, -0.1) is 0 Å². The van der Waals surface area contributed by atoms with Gasteiger partial charge in [0.1, 0.15) is 5.75 Å². The van der Waals surface area contributed by atoms with Gasteiger partial charge in [0.2, 0.25) is 5.91 Å². The van der Waals surface area contributed by atoms with Crippen molar-refractivity contribution in [2.45, 2.75) is 47.6 Å². The van der Waals surface area contributed by atoms with Gasteiger partial charge in [-0.25, -0.2) is 0 Å². The molecule has 0 bridgehead atoms. The Labute approximate surface area is 164 Å². The number of rotatable bonds is 9. The van der Waals surface area contributed by atoms with Crippen molar-refractivity contribution in [1.29, 1.82) is 0 Å². The van der Waals surface area contributed by atoms with E-state index in [0.29, 0.717) is 31.6 Å². The molecule has 0 saturated heterocycles. The minimum absolute atomic E-state index is 0.0259. The minimum Gasteiger partial charge on any atom is -0.493 e. The Morgan fingerprint density at radius 3 is 2.30 bits per heavy atom. The van der Waals surface area contributed by atoms with E-state index in [1.54, 1.807) is 7.05 Å². The highest BCUT2D eigenvalue weighted by atomic mass is 16.5. The summed E-state index contributed by atoms with van der Waals surface area (Å²) in [7, 11) is 1.73. The second-order valence-corrected chi connectivity index (χ2v) is 7.81. The largest absolute Gasteiger partial charge is 0.493 e. The van der Waals surface area contributed by atoms with Gasteiger partial charge in [-0.05, 0) is 51.3 Å². The van der Waals surface area contributed by atoms with Gasteiger partial charge >= 0.3 is 0 Å². The van der Waals surface area contributed by atoms with E-state index in [4.69, 9.17) is 4.74 Å². The number of hydrogen-bond donors (Lipinski definition) is 3. The molecule has 0 aliphatic rings. The molecule has 0 aromatic heterocycles. The number of carbonyl (C=O) groups is 1. The molecule has 3 N–H and O–H groups in total. The predicted octanol–water partition coefficient (Wildman–Crippen LogP) is 3.11. The molecule has 6 heteroatoms. The summed E-state index contributed by atoms with van der Waals surface area (Å²) in [5.74, 6) is 2.08. The summed E-state index contributed by atoms with van der Waals surface area (Å²) in [6, 6.07) is 8.16. The first-order chi connectivity index (χ1) is 12.7. The molecule has 1 atom stereocenters. The maximum atomic E-state index is 12.1. The van der Waals surface area contributed by atoms with Gasteiger partial charge in [-0.1, -0.05) is 26.0 Å². The summed E-state index contributed by atoms with van der Waals surface area (Å²) in [4.78, 5) is 16.4. The third-order valence-electron chi connectivity index (χ3n) is 4.19. The molecule has 1 aromatic carbocycles. The molecule has 0 spiro atoms. The number of guanidine groups is 1. The fraction of sp³-hybridized carbons (Fsp3) is 0.619. The van der Waals surface area contributed by atoms with E-state index < -0.39 is 5.41 Å². The number of nitrogens with zero attached hydrogens (tertiary/aromatic N) is 1. The van der Waals surface area contributed by atoms with Crippen molar-refractivity contribution in [3.8, 4) is 5.75 Å². The number of nitrogens with one attached hydrogen (secondary N) is 3. The van der Waals surface area contributed by atoms with Crippen LogP contribution in [0.5, 0.6) is 5.75 Å². The fourth-order valence-corrected chi connectivity index (χ4v) is 2.38. The number of amides is 1. The highest BCUT2D eigenvalue weighted by Gasteiger charge is 2.27. The zero-order chi connectivity index (χ0) is 20.4. The SMILES string of the molecule is CCNC(=O)C(C)(C)CNC(=NC)NC(C)c1ccc(OCC(C)C)cc1. The van der Waals surface area contributed by atoms with Crippen LogP contribution in [-0.2, 0) is 4.79 Å². The topological polar surface area (TPSA) is 74.8 Å². The number of ether oxygens (including phenoxy) is 1. The Balaban J connectivity index is 2.60. The first-order valence-electron chi connectivity index (χ1n) is 9.67. The maximum absolute atomic E-state index is 12.1. The van der Waals surface area contributed by atoms with Crippen LogP contribution in [0.2, 0.25) is 0 Å². The van der Waals surface area contributed by atoms with Crippen LogP contribution in [0.3, 0.4) is 0 Å². The number of aliphatic imine (C=N–C) groups is 1. The van der Waals surface area contributed by atoms with Gasteiger partial charge in [-0.2, -0.15) is 0 Å². The van der Waals surface area contributed by atoms with Crippen molar-refractivity contribution < 1.29 is 9.53 Å². The van der Waals surface area contributed by atoms with E-state index in [2.05, 4.69) is 53.8 Å². The number of benzene rings is 1. The molecule has 1 rings (SSSR count). The van der Waals surface area contributed by atoms with Crippen LogP contribution in [-0.4, -0.2) is 38.6 Å². The summed E-state index contributed by atoms with van der Waals surface area (Å²) in [5, 5.41) is 9.48. The van der Waals surface area contributed by atoms with Crippen LogP contribution in [0, 0.1) is 11.3 Å². The maximum Gasteiger partial charge on any atom is 0.227 e. The average Bonchev–Trinajstić information content (AvgIpc) is 2.63. The van der Waals surface area contributed by atoms with E-state index >= 15 is 0 Å². The molecule has 1 unspecified atom stereocenters. The summed E-state index contributed by atoms with van der Waals surface area (Å²) >= 11 is 0. The second-order valence-electron chi connectivity index (χ2n) is 7.81. The van der Waals surface area contributed by atoms with Crippen LogP contribution >= 0.6 is 0 Å². The second kappa shape index (κ2) is 10.8. The Hall–Kier alpha value is -2.24. The van der Waals surface area contributed by atoms with Gasteiger partial charge in [0.05, 0.1) is 18.1 Å². The molecular weight excluding hydrogens is 340 g/mol. The lowest BCUT2D eigenvalue weighted by Gasteiger charge is -2.26. The molecule has 0 aliphatic heterocycles. The highest BCUT2D eigenvalue weighted by molar-refractivity contribution is 5.84. The Morgan fingerprint density at radius 2 is 1.78 bits per heavy atom. The van der Waals surface area contributed by atoms with Gasteiger partial charge in [0, 0.05) is 20.1 Å². The first-order valence-corrected chi connectivity index (χ1v) is 9.67. The van der Waals surface area contributed by atoms with E-state index in [-0.39, 0.29) is 11.9 Å². The lowest BCUT2D eigenvalue weighted by molar-refractivity contribution is -0.128. The van der Waals surface area contributed by atoms with Gasteiger partial charge < -0.3 is 20.7 Å². The molecule has 152 valence electrons. The molecule has 1 amide bonds. The third-order valence-corrected chi connectivity index (χ3v) is 4.19. The molecule has 0 saturated carbocycles. The van der Waals surface area contributed by atoms with Crippen molar-refractivity contribution in [1.82, 2.24) is 16.0 Å². The Kier molecular flexibility index (Phi) is 9.12. The molecule has 0 fully saturated rings. The number of carbonyl (C=O) groups excluding carboxylic acids is 1. The summed E-state index contributed by atoms with van der Waals surface area (Å²) in [6.45, 7) is 13.9. The van der Waals surface area contributed by atoms with Crippen molar-refractivity contribution in [2.24, 2.45) is 16.3 Å². The van der Waals surface area contributed by atoms with E-state index in [9.17, 15) is 4.79 Å². The highest BCUT2D eigenvalue weighted by Crippen LogP contribution is 2.18. The van der Waals surface area contributed by atoms with Crippen LogP contribution in [0.15, 0.2) is 29.3 Å². The quantitative estimate of drug-likeness (QED) is 0.457. The van der Waals surface area contributed by atoms with E-state index in [0.717, 1.165) is 11.3 Å². The fourth-order valence-electron chi connectivity index (χ4n) is 2.38. The zero-order valence-corrected chi connectivity index (χ0v) is 17.8.